The Kier molecular flexibility index (Phi) is 13.2. The Bertz CT molecular complexity index is 807. The maximum absolute atomic E-state index is 13.5. The molecule has 2 aliphatic rings. The maximum atomic E-state index is 13.5. The van der Waals surface area contributed by atoms with Gasteiger partial charge in [-0.05, 0) is 56.9 Å². The number of rotatable bonds is 11. The molecule has 10 heteroatoms. The summed E-state index contributed by atoms with van der Waals surface area (Å²) in [4.78, 5) is 25.3. The van der Waals surface area contributed by atoms with Crippen molar-refractivity contribution in [3.63, 3.8) is 0 Å². The number of amides is 2. The van der Waals surface area contributed by atoms with Gasteiger partial charge in [-0.2, -0.15) is 0 Å². The fourth-order valence-electron chi connectivity index (χ4n) is 4.44. The van der Waals surface area contributed by atoms with Gasteiger partial charge >= 0.3 is 0 Å². The molecule has 204 valence electrons. The quantitative estimate of drug-likeness (QED) is 0.352. The molecule has 1 aromatic carbocycles. The Morgan fingerprint density at radius 2 is 1.67 bits per heavy atom. The topological polar surface area (TPSA) is 105 Å². The maximum Gasteiger partial charge on any atom is 0.222 e. The van der Waals surface area contributed by atoms with Crippen LogP contribution in [0.2, 0.25) is 0 Å². The number of unbranched alkanes of at least 4 members (excludes halogenated alkanes) is 1. The van der Waals surface area contributed by atoms with Gasteiger partial charge in [0.15, 0.2) is 0 Å². The average molecular weight is 525 g/mol. The number of piperidine rings is 1. The van der Waals surface area contributed by atoms with E-state index < -0.39 is 11.0 Å². The molecule has 1 atom stereocenters. The van der Waals surface area contributed by atoms with E-state index in [2.05, 4.69) is 40.9 Å². The number of methoxy groups -OCH3 is 1. The van der Waals surface area contributed by atoms with Crippen LogP contribution in [-0.2, 0) is 25.3 Å². The summed E-state index contributed by atoms with van der Waals surface area (Å²) in [6, 6.07) is 8.32. The predicted molar refractivity (Wildman–Crippen MR) is 144 cm³/mol. The van der Waals surface area contributed by atoms with Crippen LogP contribution in [0.1, 0.15) is 52.4 Å². The van der Waals surface area contributed by atoms with E-state index >= 15 is 0 Å². The molecule has 1 unspecified atom stereocenters. The summed E-state index contributed by atoms with van der Waals surface area (Å²) in [5, 5.41) is 0. The van der Waals surface area contributed by atoms with Crippen LogP contribution < -0.4 is 15.4 Å². The van der Waals surface area contributed by atoms with E-state index in [0.29, 0.717) is 26.1 Å². The third kappa shape index (κ3) is 9.05. The zero-order chi connectivity index (χ0) is 26.4. The van der Waals surface area contributed by atoms with Crippen molar-refractivity contribution in [1.82, 2.24) is 9.21 Å². The molecule has 0 saturated carbocycles. The van der Waals surface area contributed by atoms with Gasteiger partial charge < -0.3 is 25.0 Å². The lowest BCUT2D eigenvalue weighted by Crippen LogP contribution is -2.55. The number of hydrogen-bond donors (Lipinski definition) is 1. The van der Waals surface area contributed by atoms with Crippen LogP contribution in [0, 0.1) is 0 Å². The summed E-state index contributed by atoms with van der Waals surface area (Å²) >= 11 is 0. The monoisotopic (exact) mass is 524 g/mol. The highest BCUT2D eigenvalue weighted by Crippen LogP contribution is 2.31. The summed E-state index contributed by atoms with van der Waals surface area (Å²) in [6.45, 7) is 10.4. The van der Waals surface area contributed by atoms with Gasteiger partial charge in [-0.15, -0.1) is 0 Å². The minimum Gasteiger partial charge on any atom is -0.494 e. The summed E-state index contributed by atoms with van der Waals surface area (Å²) < 4.78 is 26.1. The standard InChI is InChI=1S/C25H41N3O4S.CH3NO/c1-4-5-21-32-23-10-8-22(9-11-23)26-16-18-28(19-17-26)33(30)25(2)12-14-27(15-13-25)24(29)7-6-20-31-3;2-1-3/h8-11H,4-7,12-21H2,1-3H3;1H,(H2,2,3). The number of carbonyl (C=O) groups is 2. The fraction of sp³-hybridized carbons (Fsp3) is 0.692. The van der Waals surface area contributed by atoms with E-state index in [1.165, 1.54) is 5.69 Å². The van der Waals surface area contributed by atoms with Gasteiger partial charge in [0.05, 0.1) is 11.4 Å². The number of nitrogens with two attached hydrogens (primary N) is 1. The van der Waals surface area contributed by atoms with E-state index in [4.69, 9.17) is 14.3 Å². The van der Waals surface area contributed by atoms with Crippen molar-refractivity contribution in [3.8, 4) is 5.75 Å². The summed E-state index contributed by atoms with van der Waals surface area (Å²) in [7, 11) is 0.614. The fourth-order valence-corrected chi connectivity index (χ4v) is 6.09. The molecule has 9 nitrogen and oxygen atoms in total. The lowest BCUT2D eigenvalue weighted by molar-refractivity contribution is -0.132. The highest BCUT2D eigenvalue weighted by molar-refractivity contribution is 7.84. The van der Waals surface area contributed by atoms with Gasteiger partial charge in [0, 0.05) is 65.1 Å². The molecule has 0 bridgehead atoms. The summed E-state index contributed by atoms with van der Waals surface area (Å²) in [5.41, 5.74) is 5.36. The largest absolute Gasteiger partial charge is 0.494 e. The van der Waals surface area contributed by atoms with Crippen LogP contribution in [0.5, 0.6) is 5.75 Å². The molecule has 2 N–H and O–H groups in total. The second-order valence-electron chi connectivity index (χ2n) is 9.42. The molecule has 0 aromatic heterocycles. The highest BCUT2D eigenvalue weighted by Gasteiger charge is 2.40. The van der Waals surface area contributed by atoms with Crippen molar-refractivity contribution in [2.75, 3.05) is 64.5 Å². The lowest BCUT2D eigenvalue weighted by Gasteiger charge is -2.43. The molecule has 2 amide bonds. The number of likely N-dealkylation sites (tertiary alicyclic amines) is 1. The minimum atomic E-state index is -1.04. The van der Waals surface area contributed by atoms with Gasteiger partial charge in [-0.1, -0.05) is 13.3 Å². The molecular weight excluding hydrogens is 480 g/mol. The number of piperazine rings is 1. The Morgan fingerprint density at radius 3 is 2.22 bits per heavy atom. The van der Waals surface area contributed by atoms with Crippen LogP contribution in [0.4, 0.5) is 5.69 Å². The molecule has 36 heavy (non-hydrogen) atoms. The second kappa shape index (κ2) is 15.8. The highest BCUT2D eigenvalue weighted by atomic mass is 32.2. The third-order valence-corrected chi connectivity index (χ3v) is 8.86. The lowest BCUT2D eigenvalue weighted by atomic mass is 9.97. The van der Waals surface area contributed by atoms with E-state index in [-0.39, 0.29) is 17.1 Å². The van der Waals surface area contributed by atoms with Crippen molar-refractivity contribution in [2.45, 2.75) is 57.1 Å². The van der Waals surface area contributed by atoms with Crippen molar-refractivity contribution in [2.24, 2.45) is 5.73 Å². The number of hydrogen-bond acceptors (Lipinski definition) is 6. The number of carbonyl (C=O) groups excluding carboxylic acids is 2. The molecule has 2 aliphatic heterocycles. The molecule has 0 radical (unpaired) electrons. The molecule has 2 saturated heterocycles. The first-order valence-corrected chi connectivity index (χ1v) is 14.1. The molecule has 1 aromatic rings. The second-order valence-corrected chi connectivity index (χ2v) is 11.4. The van der Waals surface area contributed by atoms with E-state index in [1.54, 1.807) is 7.11 Å². The minimum absolute atomic E-state index is 0.190. The smallest absolute Gasteiger partial charge is 0.222 e. The number of ether oxygens (including phenoxy) is 2. The van der Waals surface area contributed by atoms with Gasteiger partial charge in [-0.25, -0.2) is 8.51 Å². The first-order valence-electron chi connectivity index (χ1n) is 12.9. The van der Waals surface area contributed by atoms with Gasteiger partial charge in [-0.3, -0.25) is 9.59 Å². The molecule has 0 spiro atoms. The van der Waals surface area contributed by atoms with Crippen LogP contribution in [-0.4, -0.2) is 90.1 Å². The van der Waals surface area contributed by atoms with E-state index in [0.717, 1.165) is 70.6 Å². The summed E-state index contributed by atoms with van der Waals surface area (Å²) in [5.74, 6) is 1.11. The van der Waals surface area contributed by atoms with Gasteiger partial charge in [0.1, 0.15) is 16.7 Å². The predicted octanol–water partition coefficient (Wildman–Crippen LogP) is 2.56. The molecule has 2 heterocycles. The average Bonchev–Trinajstić information content (AvgIpc) is 2.90. The number of nitrogens with zero attached hydrogens (tertiary/aromatic N) is 3. The Morgan fingerprint density at radius 1 is 1.06 bits per heavy atom. The molecular formula is C26H44N4O5S. The molecule has 2 fully saturated rings. The van der Waals surface area contributed by atoms with E-state index in [1.807, 2.05) is 17.0 Å². The zero-order valence-electron chi connectivity index (χ0n) is 22.2. The Balaban J connectivity index is 0.00000145. The first kappa shape index (κ1) is 30.1. The molecule has 0 aliphatic carbocycles. The van der Waals surface area contributed by atoms with Crippen molar-refractivity contribution >= 4 is 29.0 Å². The first-order chi connectivity index (χ1) is 17.4. The zero-order valence-corrected chi connectivity index (χ0v) is 23.0. The van der Waals surface area contributed by atoms with Crippen LogP contribution >= 0.6 is 0 Å². The van der Waals surface area contributed by atoms with Gasteiger partial charge in [0.25, 0.3) is 0 Å². The third-order valence-electron chi connectivity index (χ3n) is 6.78. The van der Waals surface area contributed by atoms with Crippen molar-refractivity contribution in [1.29, 1.82) is 0 Å². The SMILES string of the molecule is CCCCOc1ccc(N2CCN(S(=O)C3(C)CCN(C(=O)CCCOC)CC3)CC2)cc1.NC=O. The summed E-state index contributed by atoms with van der Waals surface area (Å²) in [6.07, 6.45) is 5.32. The normalized spacial score (nSPS) is 18.6. The number of benzene rings is 1. The number of primary amides is 1. The van der Waals surface area contributed by atoms with Crippen LogP contribution in [0.15, 0.2) is 24.3 Å². The van der Waals surface area contributed by atoms with Crippen LogP contribution in [0.3, 0.4) is 0 Å². The van der Waals surface area contributed by atoms with Crippen LogP contribution in [0.25, 0.3) is 0 Å². The Labute approximate surface area is 218 Å². The van der Waals surface area contributed by atoms with Crippen molar-refractivity contribution in [3.05, 3.63) is 24.3 Å². The molecule has 3 rings (SSSR count). The number of anilines is 1. The van der Waals surface area contributed by atoms with Crippen molar-refractivity contribution < 1.29 is 23.3 Å². The van der Waals surface area contributed by atoms with Gasteiger partial charge in [0.2, 0.25) is 12.3 Å². The van der Waals surface area contributed by atoms with E-state index in [9.17, 15) is 9.00 Å². The Hall–Kier alpha value is -2.17.